The summed E-state index contributed by atoms with van der Waals surface area (Å²) in [6.45, 7) is 6.59. The second-order valence-corrected chi connectivity index (χ2v) is 5.61. The SMILES string of the molecule is Cc1ccc2c(c1)C(=O)N(CC(C)(C)CN)C2=O. The summed E-state index contributed by atoms with van der Waals surface area (Å²) >= 11 is 0. The van der Waals surface area contributed by atoms with E-state index >= 15 is 0 Å². The maximum absolute atomic E-state index is 12.2. The molecule has 0 spiro atoms. The summed E-state index contributed by atoms with van der Waals surface area (Å²) in [4.78, 5) is 25.7. The minimum absolute atomic E-state index is 0.208. The van der Waals surface area contributed by atoms with E-state index in [2.05, 4.69) is 0 Å². The molecular weight excluding hydrogens is 228 g/mol. The number of rotatable bonds is 3. The fourth-order valence-corrected chi connectivity index (χ4v) is 2.04. The number of nitrogens with zero attached hydrogens (tertiary/aromatic N) is 1. The molecule has 18 heavy (non-hydrogen) atoms. The Morgan fingerprint density at radius 2 is 1.78 bits per heavy atom. The van der Waals surface area contributed by atoms with E-state index in [-0.39, 0.29) is 17.2 Å². The Balaban J connectivity index is 2.34. The zero-order valence-corrected chi connectivity index (χ0v) is 11.0. The molecular formula is C14H18N2O2. The molecule has 0 unspecified atom stereocenters. The molecule has 1 aliphatic rings. The van der Waals surface area contributed by atoms with Crippen molar-refractivity contribution in [3.05, 3.63) is 34.9 Å². The number of hydrogen-bond donors (Lipinski definition) is 1. The molecule has 2 N–H and O–H groups in total. The van der Waals surface area contributed by atoms with Gasteiger partial charge in [0.25, 0.3) is 11.8 Å². The molecule has 0 fully saturated rings. The van der Waals surface area contributed by atoms with Gasteiger partial charge in [-0.25, -0.2) is 0 Å². The largest absolute Gasteiger partial charge is 0.330 e. The Hall–Kier alpha value is -1.68. The number of fused-ring (bicyclic) bond motifs is 1. The van der Waals surface area contributed by atoms with Crippen LogP contribution in [0.4, 0.5) is 0 Å². The van der Waals surface area contributed by atoms with Gasteiger partial charge in [-0.05, 0) is 31.0 Å². The van der Waals surface area contributed by atoms with Crippen molar-refractivity contribution in [1.29, 1.82) is 0 Å². The monoisotopic (exact) mass is 246 g/mol. The molecule has 0 aliphatic carbocycles. The van der Waals surface area contributed by atoms with Gasteiger partial charge in [-0.15, -0.1) is 0 Å². The fourth-order valence-electron chi connectivity index (χ4n) is 2.04. The second kappa shape index (κ2) is 4.21. The molecule has 0 aromatic heterocycles. The van der Waals surface area contributed by atoms with Crippen LogP contribution >= 0.6 is 0 Å². The van der Waals surface area contributed by atoms with Gasteiger partial charge in [-0.1, -0.05) is 25.5 Å². The number of carbonyl (C=O) groups excluding carboxylic acids is 2. The average Bonchev–Trinajstić information content (AvgIpc) is 2.54. The van der Waals surface area contributed by atoms with Gasteiger partial charge >= 0.3 is 0 Å². The summed E-state index contributed by atoms with van der Waals surface area (Å²) in [7, 11) is 0. The van der Waals surface area contributed by atoms with Crippen molar-refractivity contribution in [3.8, 4) is 0 Å². The standard InChI is InChI=1S/C14H18N2O2/c1-9-4-5-10-11(6-9)13(18)16(12(10)17)8-14(2,3)7-15/h4-6H,7-8,15H2,1-3H3. The predicted molar refractivity (Wildman–Crippen MR) is 69.4 cm³/mol. The molecule has 0 radical (unpaired) electrons. The lowest BCUT2D eigenvalue weighted by Crippen LogP contribution is -2.41. The van der Waals surface area contributed by atoms with E-state index in [1.165, 1.54) is 4.90 Å². The molecule has 0 saturated heterocycles. The van der Waals surface area contributed by atoms with Crippen LogP contribution in [-0.2, 0) is 0 Å². The minimum atomic E-state index is -0.262. The molecule has 1 aromatic carbocycles. The normalized spacial score (nSPS) is 15.2. The van der Waals surface area contributed by atoms with Gasteiger partial charge in [0.15, 0.2) is 0 Å². The topological polar surface area (TPSA) is 63.4 Å². The smallest absolute Gasteiger partial charge is 0.261 e. The number of amides is 2. The number of benzene rings is 1. The van der Waals surface area contributed by atoms with Crippen LogP contribution in [0.25, 0.3) is 0 Å². The first-order valence-corrected chi connectivity index (χ1v) is 6.03. The maximum atomic E-state index is 12.2. The van der Waals surface area contributed by atoms with Crippen LogP contribution in [0, 0.1) is 12.3 Å². The minimum Gasteiger partial charge on any atom is -0.330 e. The second-order valence-electron chi connectivity index (χ2n) is 5.61. The molecule has 4 nitrogen and oxygen atoms in total. The van der Waals surface area contributed by atoms with E-state index < -0.39 is 0 Å². The molecule has 0 atom stereocenters. The van der Waals surface area contributed by atoms with E-state index in [4.69, 9.17) is 5.73 Å². The van der Waals surface area contributed by atoms with E-state index in [1.807, 2.05) is 26.8 Å². The third kappa shape index (κ3) is 2.04. The summed E-state index contributed by atoms with van der Waals surface area (Å²) < 4.78 is 0. The Morgan fingerprint density at radius 3 is 2.39 bits per heavy atom. The van der Waals surface area contributed by atoms with Gasteiger partial charge < -0.3 is 5.73 Å². The van der Waals surface area contributed by atoms with Crippen LogP contribution in [0.2, 0.25) is 0 Å². The van der Waals surface area contributed by atoms with Crippen LogP contribution < -0.4 is 5.73 Å². The van der Waals surface area contributed by atoms with Crippen molar-refractivity contribution in [2.75, 3.05) is 13.1 Å². The zero-order chi connectivity index (χ0) is 13.5. The van der Waals surface area contributed by atoms with E-state index in [0.717, 1.165) is 5.56 Å². The molecule has 1 heterocycles. The van der Waals surface area contributed by atoms with Crippen LogP contribution in [0.5, 0.6) is 0 Å². The number of carbonyl (C=O) groups is 2. The van der Waals surface area contributed by atoms with Crippen molar-refractivity contribution >= 4 is 11.8 Å². The molecule has 0 bridgehead atoms. The first-order valence-electron chi connectivity index (χ1n) is 6.03. The van der Waals surface area contributed by atoms with Crippen molar-refractivity contribution in [3.63, 3.8) is 0 Å². The first-order chi connectivity index (χ1) is 8.35. The Labute approximate surface area is 107 Å². The van der Waals surface area contributed by atoms with E-state index in [1.54, 1.807) is 12.1 Å². The summed E-state index contributed by atoms with van der Waals surface area (Å²) in [5.41, 5.74) is 7.38. The summed E-state index contributed by atoms with van der Waals surface area (Å²) in [5, 5.41) is 0. The summed E-state index contributed by atoms with van der Waals surface area (Å²) in [6.07, 6.45) is 0. The van der Waals surface area contributed by atoms with Gasteiger partial charge in [0.2, 0.25) is 0 Å². The molecule has 4 heteroatoms. The van der Waals surface area contributed by atoms with Gasteiger partial charge in [0.05, 0.1) is 11.1 Å². The van der Waals surface area contributed by atoms with Crippen LogP contribution in [0.15, 0.2) is 18.2 Å². The van der Waals surface area contributed by atoms with Gasteiger partial charge in [0, 0.05) is 6.54 Å². The highest BCUT2D eigenvalue weighted by molar-refractivity contribution is 6.21. The van der Waals surface area contributed by atoms with E-state index in [0.29, 0.717) is 24.2 Å². The zero-order valence-electron chi connectivity index (χ0n) is 11.0. The van der Waals surface area contributed by atoms with Gasteiger partial charge in [-0.3, -0.25) is 14.5 Å². The van der Waals surface area contributed by atoms with Gasteiger partial charge in [0.1, 0.15) is 0 Å². The molecule has 96 valence electrons. The maximum Gasteiger partial charge on any atom is 0.261 e. The Bertz CT molecular complexity index is 521. The number of hydrogen-bond acceptors (Lipinski definition) is 3. The lowest BCUT2D eigenvalue weighted by Gasteiger charge is -2.27. The Morgan fingerprint density at radius 1 is 1.17 bits per heavy atom. The van der Waals surface area contributed by atoms with Crippen molar-refractivity contribution in [2.45, 2.75) is 20.8 Å². The molecule has 1 aromatic rings. The van der Waals surface area contributed by atoms with Crippen LogP contribution in [0.3, 0.4) is 0 Å². The van der Waals surface area contributed by atoms with E-state index in [9.17, 15) is 9.59 Å². The number of nitrogens with two attached hydrogens (primary N) is 1. The fraction of sp³-hybridized carbons (Fsp3) is 0.429. The van der Waals surface area contributed by atoms with Crippen LogP contribution in [-0.4, -0.2) is 29.8 Å². The number of aryl methyl sites for hydroxylation is 1. The summed E-state index contributed by atoms with van der Waals surface area (Å²) in [6, 6.07) is 5.34. The highest BCUT2D eigenvalue weighted by atomic mass is 16.2. The lowest BCUT2D eigenvalue weighted by molar-refractivity contribution is 0.0595. The average molecular weight is 246 g/mol. The predicted octanol–water partition coefficient (Wildman–Crippen LogP) is 1.58. The molecule has 2 amide bonds. The third-order valence-electron chi connectivity index (χ3n) is 3.26. The summed E-state index contributed by atoms with van der Waals surface area (Å²) in [5.74, 6) is -0.420. The van der Waals surface area contributed by atoms with Gasteiger partial charge in [-0.2, -0.15) is 0 Å². The first kappa shape index (κ1) is 12.8. The van der Waals surface area contributed by atoms with Crippen molar-refractivity contribution in [2.24, 2.45) is 11.1 Å². The Kier molecular flexibility index (Phi) is 2.99. The van der Waals surface area contributed by atoms with Crippen molar-refractivity contribution < 1.29 is 9.59 Å². The third-order valence-corrected chi connectivity index (χ3v) is 3.26. The lowest BCUT2D eigenvalue weighted by atomic mass is 9.93. The van der Waals surface area contributed by atoms with Crippen molar-refractivity contribution in [1.82, 2.24) is 4.90 Å². The quantitative estimate of drug-likeness (QED) is 0.823. The highest BCUT2D eigenvalue weighted by Gasteiger charge is 2.38. The van der Waals surface area contributed by atoms with Crippen LogP contribution in [0.1, 0.15) is 40.1 Å². The number of imide groups is 1. The molecule has 0 saturated carbocycles. The molecule has 2 rings (SSSR count). The highest BCUT2D eigenvalue weighted by Crippen LogP contribution is 2.27. The molecule has 1 aliphatic heterocycles.